The van der Waals surface area contributed by atoms with E-state index < -0.39 is 17.7 Å². The second kappa shape index (κ2) is 10.8. The van der Waals surface area contributed by atoms with Crippen LogP contribution in [0.5, 0.6) is 11.5 Å². The molecule has 0 aromatic heterocycles. The van der Waals surface area contributed by atoms with Gasteiger partial charge in [-0.2, -0.15) is 0 Å². The van der Waals surface area contributed by atoms with E-state index in [1.807, 2.05) is 52.0 Å². The number of benzene rings is 2. The average Bonchev–Trinajstić information content (AvgIpc) is 3.03. The third-order valence-electron chi connectivity index (χ3n) is 5.34. The number of amides is 1. The van der Waals surface area contributed by atoms with Crippen molar-refractivity contribution in [2.75, 3.05) is 13.2 Å². The summed E-state index contributed by atoms with van der Waals surface area (Å²) in [6.45, 7) is 8.50. The molecule has 1 amide bonds. The first-order chi connectivity index (χ1) is 15.8. The number of unbranched alkanes of at least 4 members (excludes halogenated alkanes) is 1. The molecule has 1 unspecified atom stereocenters. The molecule has 7 heteroatoms. The van der Waals surface area contributed by atoms with Gasteiger partial charge in [0.2, 0.25) is 0 Å². The number of carbonyl (C=O) groups is 2. The SMILES string of the molecule is CCCCN1C(=O)C(=O)/C(=C(\O)c2ccc(Cl)c(OCC)c2)C1c1cccc(OC(C)C)c1. The number of ketones is 1. The van der Waals surface area contributed by atoms with Gasteiger partial charge in [0.25, 0.3) is 11.7 Å². The molecule has 176 valence electrons. The van der Waals surface area contributed by atoms with Gasteiger partial charge in [0.15, 0.2) is 0 Å². The molecule has 1 aliphatic heterocycles. The summed E-state index contributed by atoms with van der Waals surface area (Å²) < 4.78 is 11.4. The summed E-state index contributed by atoms with van der Waals surface area (Å²) in [6.07, 6.45) is 1.57. The van der Waals surface area contributed by atoms with Gasteiger partial charge in [-0.1, -0.05) is 37.1 Å². The Morgan fingerprint density at radius 1 is 1.15 bits per heavy atom. The number of hydrogen-bond acceptors (Lipinski definition) is 5. The van der Waals surface area contributed by atoms with Gasteiger partial charge in [0.1, 0.15) is 17.3 Å². The Kier molecular flexibility index (Phi) is 8.03. The monoisotopic (exact) mass is 471 g/mol. The molecule has 1 heterocycles. The molecular weight excluding hydrogens is 442 g/mol. The normalized spacial score (nSPS) is 17.6. The molecule has 0 aliphatic carbocycles. The topological polar surface area (TPSA) is 76.1 Å². The minimum Gasteiger partial charge on any atom is -0.507 e. The van der Waals surface area contributed by atoms with Crippen molar-refractivity contribution in [1.82, 2.24) is 4.90 Å². The Bertz CT molecular complexity index is 1060. The summed E-state index contributed by atoms with van der Waals surface area (Å²) in [7, 11) is 0. The van der Waals surface area contributed by atoms with Crippen LogP contribution in [0.15, 0.2) is 48.0 Å². The maximum Gasteiger partial charge on any atom is 0.295 e. The van der Waals surface area contributed by atoms with Gasteiger partial charge >= 0.3 is 0 Å². The number of aliphatic hydroxyl groups is 1. The Balaban J connectivity index is 2.16. The van der Waals surface area contributed by atoms with Crippen molar-refractivity contribution < 1.29 is 24.2 Å². The molecule has 1 N–H and O–H groups in total. The Hall–Kier alpha value is -2.99. The summed E-state index contributed by atoms with van der Waals surface area (Å²) in [5, 5.41) is 11.6. The highest BCUT2D eigenvalue weighted by atomic mass is 35.5. The molecule has 0 saturated carbocycles. The molecule has 1 aliphatic rings. The average molecular weight is 472 g/mol. The van der Waals surface area contributed by atoms with Crippen LogP contribution in [0.1, 0.15) is 57.7 Å². The quantitative estimate of drug-likeness (QED) is 0.286. The van der Waals surface area contributed by atoms with Crippen LogP contribution in [0.25, 0.3) is 5.76 Å². The van der Waals surface area contributed by atoms with E-state index >= 15 is 0 Å². The molecule has 3 rings (SSSR count). The van der Waals surface area contributed by atoms with E-state index in [0.29, 0.717) is 40.8 Å². The van der Waals surface area contributed by atoms with E-state index in [2.05, 4.69) is 0 Å². The van der Waals surface area contributed by atoms with E-state index in [0.717, 1.165) is 12.8 Å². The number of carbonyl (C=O) groups excluding carboxylic acids is 2. The van der Waals surface area contributed by atoms with Crippen LogP contribution >= 0.6 is 11.6 Å². The Labute approximate surface area is 199 Å². The number of Topliss-reactive ketones (excluding diaryl/α,β-unsaturated/α-hetero) is 1. The molecule has 1 fully saturated rings. The van der Waals surface area contributed by atoms with E-state index in [4.69, 9.17) is 21.1 Å². The lowest BCUT2D eigenvalue weighted by molar-refractivity contribution is -0.139. The van der Waals surface area contributed by atoms with Crippen LogP contribution in [0.3, 0.4) is 0 Å². The fourth-order valence-electron chi connectivity index (χ4n) is 3.89. The zero-order valence-corrected chi connectivity index (χ0v) is 20.2. The van der Waals surface area contributed by atoms with Crippen LogP contribution < -0.4 is 9.47 Å². The third kappa shape index (κ3) is 5.33. The largest absolute Gasteiger partial charge is 0.507 e. The first kappa shape index (κ1) is 24.6. The third-order valence-corrected chi connectivity index (χ3v) is 5.65. The zero-order chi connectivity index (χ0) is 24.1. The summed E-state index contributed by atoms with van der Waals surface area (Å²) in [4.78, 5) is 27.6. The van der Waals surface area contributed by atoms with Crippen molar-refractivity contribution in [3.8, 4) is 11.5 Å². The number of ether oxygens (including phenoxy) is 2. The van der Waals surface area contributed by atoms with E-state index in [1.165, 1.54) is 4.90 Å². The molecule has 0 bridgehead atoms. The lowest BCUT2D eigenvalue weighted by Crippen LogP contribution is -2.30. The van der Waals surface area contributed by atoms with Gasteiger partial charge in [-0.3, -0.25) is 9.59 Å². The fourth-order valence-corrected chi connectivity index (χ4v) is 4.06. The number of likely N-dealkylation sites (tertiary alicyclic amines) is 1. The zero-order valence-electron chi connectivity index (χ0n) is 19.4. The van der Waals surface area contributed by atoms with E-state index in [1.54, 1.807) is 18.2 Å². The smallest absolute Gasteiger partial charge is 0.295 e. The van der Waals surface area contributed by atoms with Crippen LogP contribution in [-0.2, 0) is 9.59 Å². The highest BCUT2D eigenvalue weighted by molar-refractivity contribution is 6.46. The van der Waals surface area contributed by atoms with Crippen molar-refractivity contribution >= 4 is 29.1 Å². The Morgan fingerprint density at radius 3 is 2.58 bits per heavy atom. The van der Waals surface area contributed by atoms with Gasteiger partial charge in [-0.15, -0.1) is 0 Å². The summed E-state index contributed by atoms with van der Waals surface area (Å²) in [6, 6.07) is 11.4. The van der Waals surface area contributed by atoms with Crippen molar-refractivity contribution in [1.29, 1.82) is 0 Å². The van der Waals surface area contributed by atoms with Crippen LogP contribution in [0.2, 0.25) is 5.02 Å². The van der Waals surface area contributed by atoms with Crippen LogP contribution in [-0.4, -0.2) is 41.0 Å². The highest BCUT2D eigenvalue weighted by Gasteiger charge is 2.45. The second-order valence-corrected chi connectivity index (χ2v) is 8.57. The van der Waals surface area contributed by atoms with Gasteiger partial charge in [-0.25, -0.2) is 0 Å². The molecule has 33 heavy (non-hydrogen) atoms. The van der Waals surface area contributed by atoms with Gasteiger partial charge < -0.3 is 19.5 Å². The number of halogens is 1. The number of hydrogen-bond donors (Lipinski definition) is 1. The van der Waals surface area contributed by atoms with E-state index in [9.17, 15) is 14.7 Å². The lowest BCUT2D eigenvalue weighted by atomic mass is 9.95. The number of aliphatic hydroxyl groups excluding tert-OH is 1. The maximum absolute atomic E-state index is 13.1. The molecule has 2 aromatic rings. The summed E-state index contributed by atoms with van der Waals surface area (Å²) in [5.41, 5.74) is 1.10. The molecule has 2 aromatic carbocycles. The first-order valence-corrected chi connectivity index (χ1v) is 11.6. The predicted octanol–water partition coefficient (Wildman–Crippen LogP) is 5.75. The number of rotatable bonds is 9. The number of nitrogens with zero attached hydrogens (tertiary/aromatic N) is 1. The van der Waals surface area contributed by atoms with Crippen LogP contribution in [0.4, 0.5) is 0 Å². The summed E-state index contributed by atoms with van der Waals surface area (Å²) in [5.74, 6) is -0.563. The minimum atomic E-state index is -0.724. The van der Waals surface area contributed by atoms with Gasteiger partial charge in [-0.05, 0) is 63.1 Å². The molecule has 1 saturated heterocycles. The molecule has 1 atom stereocenters. The van der Waals surface area contributed by atoms with Crippen molar-refractivity contribution in [3.63, 3.8) is 0 Å². The van der Waals surface area contributed by atoms with Crippen molar-refractivity contribution in [2.45, 2.75) is 52.7 Å². The second-order valence-electron chi connectivity index (χ2n) is 8.16. The first-order valence-electron chi connectivity index (χ1n) is 11.3. The molecule has 0 radical (unpaired) electrons. The van der Waals surface area contributed by atoms with Crippen molar-refractivity contribution in [3.05, 3.63) is 64.2 Å². The fraction of sp³-hybridized carbons (Fsp3) is 0.385. The molecule has 0 spiro atoms. The Morgan fingerprint density at radius 2 is 1.91 bits per heavy atom. The lowest BCUT2D eigenvalue weighted by Gasteiger charge is -2.25. The molecule has 6 nitrogen and oxygen atoms in total. The minimum absolute atomic E-state index is 0.0299. The van der Waals surface area contributed by atoms with Gasteiger partial charge in [0, 0.05) is 12.1 Å². The van der Waals surface area contributed by atoms with Gasteiger partial charge in [0.05, 0.1) is 29.3 Å². The highest BCUT2D eigenvalue weighted by Crippen LogP contribution is 2.41. The summed E-state index contributed by atoms with van der Waals surface area (Å²) >= 11 is 6.19. The maximum atomic E-state index is 13.1. The predicted molar refractivity (Wildman–Crippen MR) is 129 cm³/mol. The van der Waals surface area contributed by atoms with Crippen LogP contribution in [0, 0.1) is 0 Å². The standard InChI is InChI=1S/C26H30ClNO5/c1-5-7-13-28-23(17-9-8-10-19(14-17)33-16(3)4)22(25(30)26(28)31)24(29)18-11-12-20(27)21(15-18)32-6-2/h8-12,14-16,23,29H,5-7,13H2,1-4H3/b24-22-. The van der Waals surface area contributed by atoms with E-state index in [-0.39, 0.29) is 17.4 Å². The van der Waals surface area contributed by atoms with Crippen molar-refractivity contribution in [2.24, 2.45) is 0 Å². The molecular formula is C26H30ClNO5.